The third-order valence-electron chi connectivity index (χ3n) is 2.80. The number of hydrogen-bond acceptors (Lipinski definition) is 3. The minimum Gasteiger partial charge on any atom is -0.279 e. The lowest BCUT2D eigenvalue weighted by Gasteiger charge is -2.13. The number of benzene rings is 2. The summed E-state index contributed by atoms with van der Waals surface area (Å²) in [5.41, 5.74) is 1.43. The lowest BCUT2D eigenvalue weighted by Crippen LogP contribution is -2.14. The van der Waals surface area contributed by atoms with E-state index in [4.69, 9.17) is 11.6 Å². The molecule has 0 unspecified atom stereocenters. The lowest BCUT2D eigenvalue weighted by atomic mass is 10.2. The molecule has 0 saturated heterocycles. The molecule has 0 spiro atoms. The Morgan fingerprint density at radius 2 is 1.85 bits per heavy atom. The Kier molecular flexibility index (Phi) is 4.62. The van der Waals surface area contributed by atoms with Gasteiger partial charge in [-0.05, 0) is 43.0 Å². The summed E-state index contributed by atoms with van der Waals surface area (Å²) in [6.45, 7) is 1.85. The van der Waals surface area contributed by atoms with E-state index in [1.807, 2.05) is 25.3 Å². The number of sulfonamides is 1. The SMILES string of the molecule is CSc1ccc(Cl)cc1S(=O)(=O)Nc1ccccc1C. The Morgan fingerprint density at radius 1 is 1.15 bits per heavy atom. The molecule has 2 aromatic rings. The topological polar surface area (TPSA) is 46.2 Å². The van der Waals surface area contributed by atoms with Gasteiger partial charge in [-0.2, -0.15) is 0 Å². The largest absolute Gasteiger partial charge is 0.279 e. The van der Waals surface area contributed by atoms with E-state index >= 15 is 0 Å². The second-order valence-electron chi connectivity index (χ2n) is 4.22. The molecule has 0 radical (unpaired) electrons. The van der Waals surface area contributed by atoms with E-state index < -0.39 is 10.0 Å². The van der Waals surface area contributed by atoms with Crippen LogP contribution in [0, 0.1) is 6.92 Å². The molecule has 6 heteroatoms. The van der Waals surface area contributed by atoms with Crippen LogP contribution < -0.4 is 4.72 Å². The van der Waals surface area contributed by atoms with Crippen LogP contribution in [0.4, 0.5) is 5.69 Å². The summed E-state index contributed by atoms with van der Waals surface area (Å²) in [5, 5.41) is 0.396. The molecule has 0 fully saturated rings. The van der Waals surface area contributed by atoms with Crippen molar-refractivity contribution >= 4 is 39.1 Å². The fourth-order valence-electron chi connectivity index (χ4n) is 1.75. The fraction of sp³-hybridized carbons (Fsp3) is 0.143. The van der Waals surface area contributed by atoms with Gasteiger partial charge in [-0.3, -0.25) is 4.72 Å². The molecule has 0 heterocycles. The van der Waals surface area contributed by atoms with Crippen LogP contribution in [0.3, 0.4) is 0 Å². The van der Waals surface area contributed by atoms with Crippen LogP contribution in [-0.2, 0) is 10.0 Å². The number of hydrogen-bond donors (Lipinski definition) is 1. The maximum Gasteiger partial charge on any atom is 0.263 e. The Labute approximate surface area is 128 Å². The molecule has 2 rings (SSSR count). The summed E-state index contributed by atoms with van der Waals surface area (Å²) in [7, 11) is -3.66. The highest BCUT2D eigenvalue weighted by molar-refractivity contribution is 7.99. The highest BCUT2D eigenvalue weighted by Crippen LogP contribution is 2.29. The number of aryl methyl sites for hydroxylation is 1. The molecule has 0 aliphatic rings. The van der Waals surface area contributed by atoms with Gasteiger partial charge in [0.1, 0.15) is 4.90 Å². The maximum atomic E-state index is 12.5. The van der Waals surface area contributed by atoms with E-state index in [9.17, 15) is 8.42 Å². The van der Waals surface area contributed by atoms with Crippen LogP contribution in [0.25, 0.3) is 0 Å². The highest BCUT2D eigenvalue weighted by atomic mass is 35.5. The van der Waals surface area contributed by atoms with Gasteiger partial charge in [0.25, 0.3) is 10.0 Å². The zero-order valence-electron chi connectivity index (χ0n) is 11.1. The molecule has 0 atom stereocenters. The summed E-state index contributed by atoms with van der Waals surface area (Å²) < 4.78 is 27.6. The van der Waals surface area contributed by atoms with Gasteiger partial charge in [-0.15, -0.1) is 11.8 Å². The van der Waals surface area contributed by atoms with Crippen molar-refractivity contribution in [1.82, 2.24) is 0 Å². The average molecular weight is 328 g/mol. The third kappa shape index (κ3) is 3.29. The first-order chi connectivity index (χ1) is 9.44. The number of thioether (sulfide) groups is 1. The molecule has 0 bridgehead atoms. The van der Waals surface area contributed by atoms with E-state index in [1.54, 1.807) is 24.3 Å². The van der Waals surface area contributed by atoms with Crippen molar-refractivity contribution in [2.75, 3.05) is 11.0 Å². The van der Waals surface area contributed by atoms with E-state index in [0.29, 0.717) is 15.6 Å². The quantitative estimate of drug-likeness (QED) is 0.857. The smallest absolute Gasteiger partial charge is 0.263 e. The minimum atomic E-state index is -3.66. The van der Waals surface area contributed by atoms with E-state index in [0.717, 1.165) is 5.56 Å². The van der Waals surface area contributed by atoms with Gasteiger partial charge < -0.3 is 0 Å². The van der Waals surface area contributed by atoms with E-state index in [-0.39, 0.29) is 4.90 Å². The van der Waals surface area contributed by atoms with Crippen LogP contribution in [0.15, 0.2) is 52.3 Å². The Bertz CT molecular complexity index is 730. The first-order valence-electron chi connectivity index (χ1n) is 5.86. The van der Waals surface area contributed by atoms with Crippen LogP contribution >= 0.6 is 23.4 Å². The molecular formula is C14H14ClNO2S2. The van der Waals surface area contributed by atoms with Gasteiger partial charge in [-0.25, -0.2) is 8.42 Å². The number of nitrogens with one attached hydrogen (secondary N) is 1. The molecule has 106 valence electrons. The Hall–Kier alpha value is -1.17. The number of halogens is 1. The number of para-hydroxylation sites is 1. The average Bonchev–Trinajstić information content (AvgIpc) is 2.41. The van der Waals surface area contributed by atoms with Crippen LogP contribution in [0.2, 0.25) is 5.02 Å². The van der Waals surface area contributed by atoms with E-state index in [1.165, 1.54) is 17.8 Å². The molecule has 2 aromatic carbocycles. The molecule has 3 nitrogen and oxygen atoms in total. The first-order valence-corrected chi connectivity index (χ1v) is 8.94. The summed E-state index contributed by atoms with van der Waals surface area (Å²) in [6, 6.07) is 12.1. The van der Waals surface area contributed by atoms with Gasteiger partial charge >= 0.3 is 0 Å². The van der Waals surface area contributed by atoms with Crippen molar-refractivity contribution in [3.05, 3.63) is 53.1 Å². The number of anilines is 1. The van der Waals surface area contributed by atoms with Crippen molar-refractivity contribution < 1.29 is 8.42 Å². The predicted molar refractivity (Wildman–Crippen MR) is 85.2 cm³/mol. The monoisotopic (exact) mass is 327 g/mol. The molecule has 0 saturated carbocycles. The normalized spacial score (nSPS) is 11.3. The molecular weight excluding hydrogens is 314 g/mol. The molecule has 1 N–H and O–H groups in total. The van der Waals surface area contributed by atoms with Crippen LogP contribution in [0.5, 0.6) is 0 Å². The third-order valence-corrected chi connectivity index (χ3v) is 5.37. The minimum absolute atomic E-state index is 0.195. The van der Waals surface area contributed by atoms with Crippen LogP contribution in [0.1, 0.15) is 5.56 Å². The molecule has 0 aliphatic carbocycles. The van der Waals surface area contributed by atoms with Crippen molar-refractivity contribution in [3.63, 3.8) is 0 Å². The summed E-state index contributed by atoms with van der Waals surface area (Å²) in [4.78, 5) is 0.858. The maximum absolute atomic E-state index is 12.5. The predicted octanol–water partition coefficient (Wildman–Crippen LogP) is 4.17. The molecule has 0 aliphatic heterocycles. The van der Waals surface area contributed by atoms with Gasteiger partial charge in [0.15, 0.2) is 0 Å². The first kappa shape index (κ1) is 15.2. The van der Waals surface area contributed by atoms with Crippen LogP contribution in [-0.4, -0.2) is 14.7 Å². The second kappa shape index (κ2) is 6.08. The van der Waals surface area contributed by atoms with Crippen molar-refractivity contribution in [2.24, 2.45) is 0 Å². The summed E-state index contributed by atoms with van der Waals surface area (Å²) in [6.07, 6.45) is 1.83. The zero-order chi connectivity index (χ0) is 14.8. The highest BCUT2D eigenvalue weighted by Gasteiger charge is 2.19. The molecule has 20 heavy (non-hydrogen) atoms. The molecule has 0 aromatic heterocycles. The van der Waals surface area contributed by atoms with Gasteiger partial charge in [0, 0.05) is 9.92 Å². The van der Waals surface area contributed by atoms with E-state index in [2.05, 4.69) is 4.72 Å². The lowest BCUT2D eigenvalue weighted by molar-refractivity contribution is 0.599. The summed E-state index contributed by atoms with van der Waals surface area (Å²) in [5.74, 6) is 0. The fourth-order valence-corrected chi connectivity index (χ4v) is 4.27. The number of rotatable bonds is 4. The van der Waals surface area contributed by atoms with Gasteiger partial charge in [-0.1, -0.05) is 29.8 Å². The standard InChI is InChI=1S/C14H14ClNO2S2/c1-10-5-3-4-6-12(10)16-20(17,18)14-9-11(15)7-8-13(14)19-2/h3-9,16H,1-2H3. The summed E-state index contributed by atoms with van der Waals surface area (Å²) >= 11 is 7.28. The van der Waals surface area contributed by atoms with Crippen molar-refractivity contribution in [3.8, 4) is 0 Å². The molecule has 0 amide bonds. The van der Waals surface area contributed by atoms with Gasteiger partial charge in [0.05, 0.1) is 5.69 Å². The zero-order valence-corrected chi connectivity index (χ0v) is 13.4. The van der Waals surface area contributed by atoms with Crippen molar-refractivity contribution in [2.45, 2.75) is 16.7 Å². The Balaban J connectivity index is 2.46. The second-order valence-corrected chi connectivity index (χ2v) is 7.15. The van der Waals surface area contributed by atoms with Crippen molar-refractivity contribution in [1.29, 1.82) is 0 Å². The van der Waals surface area contributed by atoms with Gasteiger partial charge in [0.2, 0.25) is 0 Å². The Morgan fingerprint density at radius 3 is 2.50 bits per heavy atom.